The van der Waals surface area contributed by atoms with Crippen LogP contribution in [0.1, 0.15) is 78.8 Å². The van der Waals surface area contributed by atoms with Gasteiger partial charge in [-0.15, -0.1) is 24.8 Å². The van der Waals surface area contributed by atoms with Gasteiger partial charge in [-0.1, -0.05) is 68.1 Å². The second-order valence-electron chi connectivity index (χ2n) is 12.6. The Bertz CT molecular complexity index is 1590. The van der Waals surface area contributed by atoms with E-state index in [0.717, 1.165) is 42.2 Å². The molecule has 1 N–H and O–H groups in total. The number of hydrogen-bond acceptors (Lipinski definition) is 4. The molecule has 8 heteroatoms. The highest BCUT2D eigenvalue weighted by atomic mass is 35.5. The van der Waals surface area contributed by atoms with E-state index in [1.807, 2.05) is 6.07 Å². The lowest BCUT2D eigenvalue weighted by Gasteiger charge is -2.32. The number of hydrogen-bond donors (Lipinski definition) is 1. The fraction of sp³-hybridized carbons (Fsp3) is 0.432. The minimum atomic E-state index is -0.880. The SMILES string of the molecule is Cl.Cl.O=C(O)c1ccc2c(C3CCCCC3)c3n(c2c1)CCOc1c-3cccc1N(CCN1CCCCC1)Cc1ccccc1. The Morgan fingerprint density at radius 3 is 2.38 bits per heavy atom. The fourth-order valence-electron chi connectivity index (χ4n) is 7.72. The first kappa shape index (κ1) is 33.2. The number of halogens is 2. The van der Waals surface area contributed by atoms with Gasteiger partial charge in [0.25, 0.3) is 0 Å². The molecule has 1 aliphatic carbocycles. The highest BCUT2D eigenvalue weighted by Gasteiger charge is 2.31. The van der Waals surface area contributed by atoms with Crippen LogP contribution in [0.3, 0.4) is 0 Å². The zero-order valence-electron chi connectivity index (χ0n) is 26.0. The molecule has 0 radical (unpaired) electrons. The van der Waals surface area contributed by atoms with Gasteiger partial charge in [-0.3, -0.25) is 0 Å². The van der Waals surface area contributed by atoms with E-state index in [4.69, 9.17) is 4.74 Å². The Morgan fingerprint density at radius 1 is 0.867 bits per heavy atom. The molecule has 2 aliphatic heterocycles. The molecule has 0 bridgehead atoms. The van der Waals surface area contributed by atoms with Gasteiger partial charge in [-0.2, -0.15) is 0 Å². The van der Waals surface area contributed by atoms with Crippen molar-refractivity contribution in [2.75, 3.05) is 37.7 Å². The monoisotopic (exact) mass is 649 g/mol. The lowest BCUT2D eigenvalue weighted by Crippen LogP contribution is -2.38. The molecule has 0 amide bonds. The van der Waals surface area contributed by atoms with Crippen LogP contribution in [-0.4, -0.2) is 53.3 Å². The molecule has 3 heterocycles. The van der Waals surface area contributed by atoms with E-state index in [9.17, 15) is 9.90 Å². The summed E-state index contributed by atoms with van der Waals surface area (Å²) in [4.78, 5) is 17.1. The van der Waals surface area contributed by atoms with E-state index < -0.39 is 5.97 Å². The maximum Gasteiger partial charge on any atom is 0.335 e. The highest BCUT2D eigenvalue weighted by Crippen LogP contribution is 2.49. The number of carboxylic acid groups (broad SMARTS) is 1. The van der Waals surface area contributed by atoms with Crippen molar-refractivity contribution in [2.45, 2.75) is 70.4 Å². The number of likely N-dealkylation sites (tertiary alicyclic amines) is 1. The average molecular weight is 651 g/mol. The van der Waals surface area contributed by atoms with E-state index in [1.54, 1.807) is 6.07 Å². The third-order valence-corrected chi connectivity index (χ3v) is 9.87. The molecule has 7 rings (SSSR count). The predicted molar refractivity (Wildman–Crippen MR) is 188 cm³/mol. The second kappa shape index (κ2) is 14.9. The third kappa shape index (κ3) is 6.84. The summed E-state index contributed by atoms with van der Waals surface area (Å²) >= 11 is 0. The van der Waals surface area contributed by atoms with Crippen LogP contribution >= 0.6 is 24.8 Å². The summed E-state index contributed by atoms with van der Waals surface area (Å²) in [7, 11) is 0. The van der Waals surface area contributed by atoms with Crippen molar-refractivity contribution in [1.82, 2.24) is 9.47 Å². The van der Waals surface area contributed by atoms with Gasteiger partial charge in [0.05, 0.1) is 23.5 Å². The van der Waals surface area contributed by atoms with E-state index in [0.29, 0.717) is 24.6 Å². The molecule has 1 saturated heterocycles. The second-order valence-corrected chi connectivity index (χ2v) is 12.6. The zero-order chi connectivity index (χ0) is 29.2. The van der Waals surface area contributed by atoms with E-state index in [2.05, 4.69) is 69.0 Å². The predicted octanol–water partition coefficient (Wildman–Crippen LogP) is 8.78. The molecule has 1 aromatic heterocycles. The number of anilines is 1. The lowest BCUT2D eigenvalue weighted by atomic mass is 9.81. The van der Waals surface area contributed by atoms with Gasteiger partial charge < -0.3 is 24.2 Å². The van der Waals surface area contributed by atoms with Crippen molar-refractivity contribution in [2.24, 2.45) is 0 Å². The van der Waals surface area contributed by atoms with Gasteiger partial charge in [0.15, 0.2) is 5.75 Å². The molecule has 240 valence electrons. The quantitative estimate of drug-likeness (QED) is 0.207. The third-order valence-electron chi connectivity index (χ3n) is 9.87. The molecule has 3 aromatic carbocycles. The van der Waals surface area contributed by atoms with Crippen LogP contribution in [-0.2, 0) is 13.1 Å². The molecular weight excluding hydrogens is 605 g/mol. The van der Waals surface area contributed by atoms with Crippen molar-refractivity contribution in [3.63, 3.8) is 0 Å². The number of para-hydroxylation sites is 1. The normalized spacial score (nSPS) is 16.8. The van der Waals surface area contributed by atoms with Crippen molar-refractivity contribution < 1.29 is 14.6 Å². The van der Waals surface area contributed by atoms with Crippen LogP contribution in [0.25, 0.3) is 22.2 Å². The highest BCUT2D eigenvalue weighted by molar-refractivity contribution is 5.99. The topological polar surface area (TPSA) is 57.9 Å². The minimum Gasteiger partial charge on any atom is -0.489 e. The first-order valence-corrected chi connectivity index (χ1v) is 16.3. The van der Waals surface area contributed by atoms with Gasteiger partial charge in [0, 0.05) is 36.1 Å². The van der Waals surface area contributed by atoms with Crippen LogP contribution in [0.15, 0.2) is 66.7 Å². The van der Waals surface area contributed by atoms with E-state index in [-0.39, 0.29) is 24.8 Å². The lowest BCUT2D eigenvalue weighted by molar-refractivity contribution is 0.0697. The Hall–Kier alpha value is -3.19. The molecule has 4 aromatic rings. The van der Waals surface area contributed by atoms with Crippen molar-refractivity contribution in [1.29, 1.82) is 0 Å². The number of piperidine rings is 1. The number of nitrogens with zero attached hydrogens (tertiary/aromatic N) is 3. The summed E-state index contributed by atoms with van der Waals surface area (Å²) < 4.78 is 9.07. The van der Waals surface area contributed by atoms with Crippen LogP contribution in [0, 0.1) is 0 Å². The summed E-state index contributed by atoms with van der Waals surface area (Å²) in [5, 5.41) is 11.0. The van der Waals surface area contributed by atoms with Gasteiger partial charge in [-0.25, -0.2) is 4.79 Å². The molecule has 0 spiro atoms. The van der Waals surface area contributed by atoms with Crippen LogP contribution in [0.4, 0.5) is 5.69 Å². The summed E-state index contributed by atoms with van der Waals surface area (Å²) in [6.07, 6.45) is 10.1. The first-order valence-electron chi connectivity index (χ1n) is 16.3. The molecule has 1 saturated carbocycles. The van der Waals surface area contributed by atoms with E-state index >= 15 is 0 Å². The Labute approximate surface area is 279 Å². The molecule has 2 fully saturated rings. The molecule has 0 atom stereocenters. The number of carbonyl (C=O) groups is 1. The molecule has 6 nitrogen and oxygen atoms in total. The maximum absolute atomic E-state index is 12.0. The summed E-state index contributed by atoms with van der Waals surface area (Å²) in [6.45, 7) is 6.43. The van der Waals surface area contributed by atoms with Crippen LogP contribution in [0.5, 0.6) is 5.75 Å². The molecule has 45 heavy (non-hydrogen) atoms. The Morgan fingerprint density at radius 2 is 1.62 bits per heavy atom. The van der Waals surface area contributed by atoms with Gasteiger partial charge in [0.2, 0.25) is 0 Å². The number of benzene rings is 3. The van der Waals surface area contributed by atoms with Crippen LogP contribution in [0.2, 0.25) is 0 Å². The molecular formula is C37H45Cl2N3O3. The molecule has 3 aliphatic rings. The standard InChI is InChI=1S/C37H43N3O3.2ClH/c41-37(42)29-17-18-30-33(25-29)40-23-24-43-36-31(35(40)34(30)28-13-6-2-7-14-28)15-10-16-32(36)39(26-27-11-4-1-5-12-27)22-21-38-19-8-3-9-20-38;;/h1,4-5,10-12,15-18,25,28H,2-3,6-9,13-14,19-24,26H2,(H,41,42);2*1H. The number of rotatable bonds is 8. The number of carboxylic acids is 1. The summed E-state index contributed by atoms with van der Waals surface area (Å²) in [5.41, 5.74) is 7.56. The van der Waals surface area contributed by atoms with Gasteiger partial charge in [0.1, 0.15) is 6.61 Å². The summed E-state index contributed by atoms with van der Waals surface area (Å²) in [5.74, 6) is 0.556. The zero-order valence-corrected chi connectivity index (χ0v) is 27.6. The molecule has 0 unspecified atom stereocenters. The minimum absolute atomic E-state index is 0. The largest absolute Gasteiger partial charge is 0.489 e. The smallest absolute Gasteiger partial charge is 0.335 e. The number of aromatic carboxylic acids is 1. The number of fused-ring (bicyclic) bond motifs is 5. The Balaban J connectivity index is 0.00000200. The van der Waals surface area contributed by atoms with Crippen molar-refractivity contribution in [3.05, 3.63) is 83.4 Å². The van der Waals surface area contributed by atoms with Crippen molar-refractivity contribution >= 4 is 47.4 Å². The maximum atomic E-state index is 12.0. The van der Waals surface area contributed by atoms with Crippen LogP contribution < -0.4 is 9.64 Å². The van der Waals surface area contributed by atoms with Gasteiger partial charge >= 0.3 is 5.97 Å². The average Bonchev–Trinajstić information content (AvgIpc) is 3.25. The number of ether oxygens (including phenoxy) is 1. The fourth-order valence-corrected chi connectivity index (χ4v) is 7.72. The summed E-state index contributed by atoms with van der Waals surface area (Å²) in [6, 6.07) is 23.2. The Kier molecular flexibility index (Phi) is 11.0. The van der Waals surface area contributed by atoms with Gasteiger partial charge in [-0.05, 0) is 80.1 Å². The van der Waals surface area contributed by atoms with Crippen molar-refractivity contribution in [3.8, 4) is 17.0 Å². The number of aromatic nitrogens is 1. The first-order chi connectivity index (χ1) is 21.2. The van der Waals surface area contributed by atoms with E-state index in [1.165, 1.54) is 86.7 Å².